The topological polar surface area (TPSA) is 29.3 Å². The monoisotopic (exact) mass is 266 g/mol. The molecule has 0 radical (unpaired) electrons. The Kier molecular flexibility index (Phi) is 5.70. The lowest BCUT2D eigenvalue weighted by Crippen LogP contribution is -2.51. The number of nitrogens with zero attached hydrogens (tertiary/aromatic N) is 1. The summed E-state index contributed by atoms with van der Waals surface area (Å²) in [5.74, 6) is 2.70. The molecule has 2 N–H and O–H groups in total. The molecule has 2 rings (SSSR count). The van der Waals surface area contributed by atoms with E-state index >= 15 is 0 Å². The van der Waals surface area contributed by atoms with Crippen LogP contribution in [0.4, 0.5) is 0 Å². The van der Waals surface area contributed by atoms with Gasteiger partial charge in [-0.15, -0.1) is 0 Å². The Morgan fingerprint density at radius 2 is 1.89 bits per heavy atom. The Morgan fingerprint density at radius 1 is 1.11 bits per heavy atom. The summed E-state index contributed by atoms with van der Waals surface area (Å²) < 4.78 is 0. The van der Waals surface area contributed by atoms with Gasteiger partial charge in [0.25, 0.3) is 0 Å². The number of hydrogen-bond acceptors (Lipinski definition) is 2. The van der Waals surface area contributed by atoms with Crippen molar-refractivity contribution >= 4 is 0 Å². The molecular weight excluding hydrogens is 232 g/mol. The fraction of sp³-hybridized carbons (Fsp3) is 1.00. The second-order valence-electron chi connectivity index (χ2n) is 7.42. The lowest BCUT2D eigenvalue weighted by atomic mass is 9.88. The molecule has 0 amide bonds. The molecule has 1 aliphatic heterocycles. The molecule has 0 aromatic rings. The first-order valence-electron chi connectivity index (χ1n) is 8.57. The standard InChI is InChI=1S/C17H34N2/c1-13(2)15-5-4-6-16(8-7-15)19-10-9-14(3)11-17(19)12-18/h13-17H,4-12,18H2,1-3H3. The zero-order valence-corrected chi connectivity index (χ0v) is 13.3. The van der Waals surface area contributed by atoms with E-state index in [-0.39, 0.29) is 0 Å². The summed E-state index contributed by atoms with van der Waals surface area (Å²) in [5.41, 5.74) is 6.04. The van der Waals surface area contributed by atoms with E-state index in [4.69, 9.17) is 5.73 Å². The van der Waals surface area contributed by atoms with Gasteiger partial charge in [-0.3, -0.25) is 4.90 Å². The quantitative estimate of drug-likeness (QED) is 0.790. The van der Waals surface area contributed by atoms with Gasteiger partial charge in [0, 0.05) is 18.6 Å². The lowest BCUT2D eigenvalue weighted by molar-refractivity contribution is 0.0675. The minimum absolute atomic E-state index is 0.657. The molecule has 0 bridgehead atoms. The van der Waals surface area contributed by atoms with Gasteiger partial charge < -0.3 is 5.73 Å². The summed E-state index contributed by atoms with van der Waals surface area (Å²) in [7, 11) is 0. The normalized spacial score (nSPS) is 38.4. The molecule has 2 aliphatic rings. The fourth-order valence-corrected chi connectivity index (χ4v) is 4.29. The van der Waals surface area contributed by atoms with E-state index in [1.165, 1.54) is 51.5 Å². The average molecular weight is 266 g/mol. The minimum Gasteiger partial charge on any atom is -0.329 e. The van der Waals surface area contributed by atoms with Crippen LogP contribution >= 0.6 is 0 Å². The van der Waals surface area contributed by atoms with Crippen molar-refractivity contribution in [1.82, 2.24) is 4.90 Å². The summed E-state index contributed by atoms with van der Waals surface area (Å²) in [6.45, 7) is 9.34. The molecule has 0 aromatic carbocycles. The molecule has 4 unspecified atom stereocenters. The van der Waals surface area contributed by atoms with E-state index in [0.717, 1.165) is 30.3 Å². The Labute approximate surface area is 120 Å². The van der Waals surface area contributed by atoms with Gasteiger partial charge in [-0.1, -0.05) is 33.6 Å². The van der Waals surface area contributed by atoms with Crippen molar-refractivity contribution in [3.8, 4) is 0 Å². The summed E-state index contributed by atoms with van der Waals surface area (Å²) in [4.78, 5) is 2.78. The molecule has 0 aromatic heterocycles. The molecule has 1 heterocycles. The Morgan fingerprint density at radius 3 is 2.58 bits per heavy atom. The predicted molar refractivity (Wildman–Crippen MR) is 83.1 cm³/mol. The van der Waals surface area contributed by atoms with Crippen LogP contribution in [0, 0.1) is 17.8 Å². The zero-order valence-electron chi connectivity index (χ0n) is 13.3. The largest absolute Gasteiger partial charge is 0.329 e. The fourth-order valence-electron chi connectivity index (χ4n) is 4.29. The van der Waals surface area contributed by atoms with Gasteiger partial charge in [0.1, 0.15) is 0 Å². The molecule has 1 saturated carbocycles. The summed E-state index contributed by atoms with van der Waals surface area (Å²) >= 11 is 0. The Bertz CT molecular complexity index is 264. The van der Waals surface area contributed by atoms with Gasteiger partial charge in [-0.2, -0.15) is 0 Å². The van der Waals surface area contributed by atoms with E-state index in [0.29, 0.717) is 6.04 Å². The Hall–Kier alpha value is -0.0800. The maximum absolute atomic E-state index is 6.04. The van der Waals surface area contributed by atoms with Crippen LogP contribution in [0.5, 0.6) is 0 Å². The van der Waals surface area contributed by atoms with Gasteiger partial charge >= 0.3 is 0 Å². The summed E-state index contributed by atoms with van der Waals surface area (Å²) in [6.07, 6.45) is 9.83. The molecule has 1 saturated heterocycles. The molecular formula is C17H34N2. The van der Waals surface area contributed by atoms with Crippen molar-refractivity contribution in [3.05, 3.63) is 0 Å². The van der Waals surface area contributed by atoms with Crippen LogP contribution in [0.15, 0.2) is 0 Å². The molecule has 4 atom stereocenters. The van der Waals surface area contributed by atoms with Gasteiger partial charge in [0.2, 0.25) is 0 Å². The maximum atomic E-state index is 6.04. The molecule has 2 heteroatoms. The number of hydrogen-bond donors (Lipinski definition) is 1. The molecule has 2 fully saturated rings. The van der Waals surface area contributed by atoms with Crippen molar-refractivity contribution in [2.24, 2.45) is 23.5 Å². The third-order valence-electron chi connectivity index (χ3n) is 5.69. The molecule has 2 nitrogen and oxygen atoms in total. The summed E-state index contributed by atoms with van der Waals surface area (Å²) in [5, 5.41) is 0. The van der Waals surface area contributed by atoms with Gasteiger partial charge in [0.15, 0.2) is 0 Å². The van der Waals surface area contributed by atoms with Gasteiger partial charge in [0.05, 0.1) is 0 Å². The zero-order chi connectivity index (χ0) is 13.8. The maximum Gasteiger partial charge on any atom is 0.0223 e. The van der Waals surface area contributed by atoms with Crippen molar-refractivity contribution < 1.29 is 0 Å². The molecule has 1 aliphatic carbocycles. The van der Waals surface area contributed by atoms with E-state index in [1.807, 2.05) is 0 Å². The van der Waals surface area contributed by atoms with Crippen LogP contribution in [0.3, 0.4) is 0 Å². The highest BCUT2D eigenvalue weighted by molar-refractivity contribution is 4.87. The number of likely N-dealkylation sites (tertiary alicyclic amines) is 1. The second kappa shape index (κ2) is 7.08. The summed E-state index contributed by atoms with van der Waals surface area (Å²) in [6, 6.07) is 1.48. The van der Waals surface area contributed by atoms with Crippen molar-refractivity contribution in [2.45, 2.75) is 77.8 Å². The third kappa shape index (κ3) is 3.95. The van der Waals surface area contributed by atoms with Crippen LogP contribution in [-0.2, 0) is 0 Å². The number of rotatable bonds is 3. The van der Waals surface area contributed by atoms with E-state index in [2.05, 4.69) is 25.7 Å². The first-order valence-corrected chi connectivity index (χ1v) is 8.57. The van der Waals surface area contributed by atoms with Crippen molar-refractivity contribution in [1.29, 1.82) is 0 Å². The molecule has 0 spiro atoms. The average Bonchev–Trinajstić information content (AvgIpc) is 2.64. The van der Waals surface area contributed by atoms with Crippen LogP contribution in [0.25, 0.3) is 0 Å². The van der Waals surface area contributed by atoms with E-state index in [9.17, 15) is 0 Å². The highest BCUT2D eigenvalue weighted by Crippen LogP contribution is 2.33. The Balaban J connectivity index is 1.93. The highest BCUT2D eigenvalue weighted by Gasteiger charge is 2.32. The minimum atomic E-state index is 0.657. The number of piperidine rings is 1. The van der Waals surface area contributed by atoms with E-state index < -0.39 is 0 Å². The van der Waals surface area contributed by atoms with Gasteiger partial charge in [-0.05, 0) is 56.4 Å². The van der Waals surface area contributed by atoms with Gasteiger partial charge in [-0.25, -0.2) is 0 Å². The van der Waals surface area contributed by atoms with Crippen molar-refractivity contribution in [3.63, 3.8) is 0 Å². The van der Waals surface area contributed by atoms with E-state index in [1.54, 1.807) is 0 Å². The predicted octanol–water partition coefficient (Wildman–Crippen LogP) is 3.65. The first kappa shape index (κ1) is 15.3. The molecule has 19 heavy (non-hydrogen) atoms. The smallest absolute Gasteiger partial charge is 0.0223 e. The molecule has 112 valence electrons. The van der Waals surface area contributed by atoms with Crippen LogP contribution in [0.1, 0.15) is 65.7 Å². The third-order valence-corrected chi connectivity index (χ3v) is 5.69. The highest BCUT2D eigenvalue weighted by atomic mass is 15.2. The SMILES string of the molecule is CC1CCN(C2CCCC(C(C)C)CC2)C(CN)C1. The van der Waals surface area contributed by atoms with Crippen molar-refractivity contribution in [2.75, 3.05) is 13.1 Å². The lowest BCUT2D eigenvalue weighted by Gasteiger charge is -2.43. The van der Waals surface area contributed by atoms with Crippen LogP contribution in [-0.4, -0.2) is 30.1 Å². The van der Waals surface area contributed by atoms with Crippen LogP contribution in [0.2, 0.25) is 0 Å². The second-order valence-corrected chi connectivity index (χ2v) is 7.42. The van der Waals surface area contributed by atoms with Crippen LogP contribution < -0.4 is 5.73 Å². The number of nitrogens with two attached hydrogens (primary N) is 1. The first-order chi connectivity index (χ1) is 9.11.